The first kappa shape index (κ1) is 72.9. The Hall–Kier alpha value is -11.2. The van der Waals surface area contributed by atoms with Crippen LogP contribution in [0.4, 0.5) is 0 Å². The molecule has 15 rings (SSSR count). The maximum Gasteiger partial charge on any atom is 0.343 e. The van der Waals surface area contributed by atoms with E-state index in [2.05, 4.69) is 0 Å². The van der Waals surface area contributed by atoms with Gasteiger partial charge in [0.05, 0.1) is 71.1 Å². The average Bonchev–Trinajstić information content (AvgIpc) is 1.05. The second-order valence-electron chi connectivity index (χ2n) is 19.9. The van der Waals surface area contributed by atoms with E-state index in [1.807, 2.05) is 0 Å². The highest BCUT2D eigenvalue weighted by molar-refractivity contribution is 5.76. The van der Waals surface area contributed by atoms with Crippen LogP contribution in [0.3, 0.4) is 0 Å². The van der Waals surface area contributed by atoms with Gasteiger partial charge >= 0.3 is 59.7 Å². The minimum atomic E-state index is -0.817. The van der Waals surface area contributed by atoms with Gasteiger partial charge in [-0.2, -0.15) is 0 Å². The molecule has 0 atom stereocenters. The molecule has 95 heavy (non-hydrogen) atoms. The number of benzene rings is 5. The third-order valence-corrected chi connectivity index (χ3v) is 13.9. The molecule has 30 nitrogen and oxygen atoms in total. The molecule has 30 heteroatoms. The van der Waals surface area contributed by atoms with Crippen molar-refractivity contribution in [3.8, 4) is 57.5 Å². The average molecular weight is 1330 g/mol. The molecule has 0 spiro atoms. The van der Waals surface area contributed by atoms with E-state index >= 15 is 0 Å². The van der Waals surface area contributed by atoms with Crippen molar-refractivity contribution in [2.24, 2.45) is 0 Å². The lowest BCUT2D eigenvalue weighted by molar-refractivity contribution is -0.143. The van der Waals surface area contributed by atoms with E-state index in [1.165, 1.54) is 60.7 Å². The van der Waals surface area contributed by atoms with Crippen LogP contribution >= 0.6 is 0 Å². The van der Waals surface area contributed by atoms with Gasteiger partial charge in [-0.25, -0.2) is 47.9 Å². The Bertz CT molecular complexity index is 2850. The summed E-state index contributed by atoms with van der Waals surface area (Å²) < 4.78 is 111. The zero-order valence-electron chi connectivity index (χ0n) is 53.6. The van der Waals surface area contributed by atoms with Crippen LogP contribution in [0.2, 0.25) is 0 Å². The SMILES string of the molecule is COC(=O)COc1cc2c(OCC(=O)OC)cc1Cc1cc(OCC(=O)OC)c(cc1OCC(=O)OC)Cc1cc(OCC(=O)OC)c(cc1OCC(=O)OC)Cc1cc(OCC(=O)OC)c(cc1OCC(=O)OC)Cc1cc(OCC(=O)OC)c(cc1OCC(=O)OC)C2. The van der Waals surface area contributed by atoms with E-state index in [0.29, 0.717) is 0 Å². The maximum atomic E-state index is 12.9. The summed E-state index contributed by atoms with van der Waals surface area (Å²) in [6.45, 7) is -6.77. The molecule has 10 bridgehead atoms. The van der Waals surface area contributed by atoms with Crippen LogP contribution in [-0.2, 0) is 127 Å². The number of carbonyl (C=O) groups is 10. The Kier molecular flexibility index (Phi) is 27.7. The lowest BCUT2D eigenvalue weighted by Crippen LogP contribution is -2.17. The predicted octanol–water partition coefficient (Wildman–Crippen LogP) is 3.47. The van der Waals surface area contributed by atoms with Crippen LogP contribution in [0.1, 0.15) is 55.6 Å². The lowest BCUT2D eigenvalue weighted by atomic mass is 9.94. The van der Waals surface area contributed by atoms with E-state index in [1.54, 1.807) is 0 Å². The van der Waals surface area contributed by atoms with Gasteiger partial charge in [-0.3, -0.25) is 0 Å². The topological polar surface area (TPSA) is 355 Å². The molecule has 10 aliphatic rings. The Morgan fingerprint density at radius 1 is 0.189 bits per heavy atom. The summed E-state index contributed by atoms with van der Waals surface area (Å²) in [4.78, 5) is 129. The van der Waals surface area contributed by atoms with Crippen molar-refractivity contribution in [1.82, 2.24) is 0 Å². The predicted molar refractivity (Wildman–Crippen MR) is 321 cm³/mol. The Labute approximate surface area is 543 Å². The summed E-state index contributed by atoms with van der Waals surface area (Å²) in [7, 11) is 11.4. The second-order valence-corrected chi connectivity index (χ2v) is 19.9. The number of methoxy groups -OCH3 is 10. The summed E-state index contributed by atoms with van der Waals surface area (Å²) in [5, 5.41) is 0. The standard InChI is InChI=1S/C65H70O30/c1-76-56(66)26-86-46-16-37-12-39-19-51(91-31-61(71)81-6)41(21-50(39)90-30-60(70)80-5)14-43-23-55(95-35-65(75)85-10)45(25-54(43)94-34-64(74)84-9)15-44-24-52(92-32-62(72)82-7)42(22-53(44)93-33-63(73)83-8)13-40-20-48(88-28-58(68)78-3)38(18-49(40)89-29-59(69)79-4)11-36(46)17-47(37)87-27-57(67)77-2/h16-25H,11-15,26-35H2,1-10H3. The van der Waals surface area contributed by atoms with Gasteiger partial charge in [0.15, 0.2) is 66.1 Å². The maximum absolute atomic E-state index is 12.9. The van der Waals surface area contributed by atoms with Gasteiger partial charge in [-0.05, 0) is 60.7 Å². The molecule has 10 aliphatic carbocycles. The van der Waals surface area contributed by atoms with E-state index in [0.717, 1.165) is 71.1 Å². The van der Waals surface area contributed by atoms with Crippen molar-refractivity contribution in [3.63, 3.8) is 0 Å². The Morgan fingerprint density at radius 3 is 0.347 bits per heavy atom. The molecule has 0 fully saturated rings. The summed E-state index contributed by atoms with van der Waals surface area (Å²) >= 11 is 0. The molecule has 5 aromatic carbocycles. The first-order valence-electron chi connectivity index (χ1n) is 28.4. The second kappa shape index (κ2) is 36.1. The van der Waals surface area contributed by atoms with Crippen LogP contribution in [0.25, 0.3) is 0 Å². The lowest BCUT2D eigenvalue weighted by Gasteiger charge is -2.22. The van der Waals surface area contributed by atoms with Crippen molar-refractivity contribution in [2.45, 2.75) is 32.1 Å². The smallest absolute Gasteiger partial charge is 0.343 e. The van der Waals surface area contributed by atoms with E-state index < -0.39 is 126 Å². The quantitative estimate of drug-likeness (QED) is 0.0460. The van der Waals surface area contributed by atoms with Crippen LogP contribution in [0.5, 0.6) is 57.5 Å². The molecule has 5 aromatic rings. The minimum Gasteiger partial charge on any atom is -0.482 e. The first-order valence-corrected chi connectivity index (χ1v) is 28.4. The van der Waals surface area contributed by atoms with Gasteiger partial charge in [-0.1, -0.05) is 0 Å². The first-order chi connectivity index (χ1) is 45.7. The van der Waals surface area contributed by atoms with Crippen LogP contribution in [0, 0.1) is 0 Å². The third kappa shape index (κ3) is 21.4. The van der Waals surface area contributed by atoms with E-state index in [4.69, 9.17) is 94.7 Å². The number of rotatable bonds is 30. The van der Waals surface area contributed by atoms with Crippen LogP contribution in [0.15, 0.2) is 60.7 Å². The van der Waals surface area contributed by atoms with Crippen molar-refractivity contribution in [1.29, 1.82) is 0 Å². The molecule has 0 heterocycles. The fourth-order valence-corrected chi connectivity index (χ4v) is 8.93. The summed E-state index contributed by atoms with van der Waals surface area (Å²) in [5.74, 6) is -8.33. The molecule has 0 unspecified atom stereocenters. The van der Waals surface area contributed by atoms with Crippen molar-refractivity contribution < 1.29 is 143 Å². The highest BCUT2D eigenvalue weighted by Gasteiger charge is 2.27. The van der Waals surface area contributed by atoms with Crippen molar-refractivity contribution in [2.75, 3.05) is 137 Å². The number of hydrogen-bond acceptors (Lipinski definition) is 30. The zero-order valence-corrected chi connectivity index (χ0v) is 53.6. The van der Waals surface area contributed by atoms with E-state index in [-0.39, 0.29) is 145 Å². The normalized spacial score (nSPS) is 11.3. The number of hydrogen-bond donors (Lipinski definition) is 0. The molecule has 0 amide bonds. The molecule has 510 valence electrons. The van der Waals surface area contributed by atoms with E-state index in [9.17, 15) is 47.9 Å². The van der Waals surface area contributed by atoms with Gasteiger partial charge in [0.25, 0.3) is 0 Å². The highest BCUT2D eigenvalue weighted by Crippen LogP contribution is 2.43. The molecule has 0 radical (unpaired) electrons. The molecular weight excluding hydrogens is 1260 g/mol. The summed E-state index contributed by atoms with van der Waals surface area (Å²) in [5.41, 5.74) is 2.13. The van der Waals surface area contributed by atoms with Gasteiger partial charge in [-0.15, -0.1) is 0 Å². The fourth-order valence-electron chi connectivity index (χ4n) is 8.93. The molecular formula is C65H70O30. The molecule has 0 aromatic heterocycles. The van der Waals surface area contributed by atoms with Gasteiger partial charge in [0.1, 0.15) is 57.5 Å². The van der Waals surface area contributed by atoms with Gasteiger partial charge in [0.2, 0.25) is 0 Å². The minimum absolute atomic E-state index is 0.0164. The van der Waals surface area contributed by atoms with Crippen molar-refractivity contribution >= 4 is 59.7 Å². The number of ether oxygens (including phenoxy) is 20. The fraction of sp³-hybridized carbons (Fsp3) is 0.385. The third-order valence-electron chi connectivity index (χ3n) is 13.9. The van der Waals surface area contributed by atoms with Crippen LogP contribution < -0.4 is 47.4 Å². The Morgan fingerprint density at radius 2 is 0.274 bits per heavy atom. The van der Waals surface area contributed by atoms with Gasteiger partial charge in [0, 0.05) is 87.7 Å². The number of carbonyl (C=O) groups excluding carboxylic acids is 10. The zero-order chi connectivity index (χ0) is 69.1. The molecule has 0 aliphatic heterocycles. The monoisotopic (exact) mass is 1330 g/mol. The Balaban J connectivity index is 1.85. The largest absolute Gasteiger partial charge is 0.482 e. The van der Waals surface area contributed by atoms with Crippen LogP contribution in [-0.4, -0.2) is 197 Å². The molecule has 0 saturated heterocycles. The molecule has 0 N–H and O–H groups in total. The van der Waals surface area contributed by atoms with Gasteiger partial charge < -0.3 is 94.7 Å². The summed E-state index contributed by atoms with van der Waals surface area (Å²) in [6.07, 6.45) is -1.28. The number of esters is 10. The summed E-state index contributed by atoms with van der Waals surface area (Å²) in [6, 6.07) is 14.7. The van der Waals surface area contributed by atoms with Crippen molar-refractivity contribution in [3.05, 3.63) is 116 Å². The molecule has 0 saturated carbocycles. The highest BCUT2D eigenvalue weighted by atomic mass is 16.6.